The van der Waals surface area contributed by atoms with Crippen LogP contribution in [-0.4, -0.2) is 20.1 Å². The SMILES string of the molecule is COc1cccc(OC)c1Oc1cc(N)ccc1C(N)=O. The van der Waals surface area contributed by atoms with Gasteiger partial charge in [-0.05, 0) is 24.3 Å². The van der Waals surface area contributed by atoms with Crippen LogP contribution >= 0.6 is 0 Å². The highest BCUT2D eigenvalue weighted by atomic mass is 16.5. The van der Waals surface area contributed by atoms with Gasteiger partial charge in [0, 0.05) is 11.8 Å². The Kier molecular flexibility index (Phi) is 4.18. The van der Waals surface area contributed by atoms with Gasteiger partial charge >= 0.3 is 0 Å². The molecule has 0 unspecified atom stereocenters. The number of nitrogen functional groups attached to an aromatic ring is 1. The van der Waals surface area contributed by atoms with Crippen LogP contribution in [0.1, 0.15) is 10.4 Å². The van der Waals surface area contributed by atoms with Gasteiger partial charge in [-0.25, -0.2) is 0 Å². The fourth-order valence-electron chi connectivity index (χ4n) is 1.85. The summed E-state index contributed by atoms with van der Waals surface area (Å²) in [5.74, 6) is 0.902. The number of carbonyl (C=O) groups excluding carboxylic acids is 1. The summed E-state index contributed by atoms with van der Waals surface area (Å²) < 4.78 is 16.2. The van der Waals surface area contributed by atoms with Crippen LogP contribution in [0.15, 0.2) is 36.4 Å². The maximum Gasteiger partial charge on any atom is 0.252 e. The Morgan fingerprint density at radius 1 is 1.00 bits per heavy atom. The molecule has 0 aliphatic heterocycles. The van der Waals surface area contributed by atoms with Crippen molar-refractivity contribution in [1.82, 2.24) is 0 Å². The Morgan fingerprint density at radius 2 is 1.62 bits per heavy atom. The monoisotopic (exact) mass is 288 g/mol. The van der Waals surface area contributed by atoms with Crippen LogP contribution < -0.4 is 25.7 Å². The van der Waals surface area contributed by atoms with Crippen molar-refractivity contribution in [3.63, 3.8) is 0 Å². The lowest BCUT2D eigenvalue weighted by Gasteiger charge is -2.15. The van der Waals surface area contributed by atoms with Crippen LogP contribution in [0.3, 0.4) is 0 Å². The molecule has 2 aromatic carbocycles. The molecule has 4 N–H and O–H groups in total. The number of nitrogens with two attached hydrogens (primary N) is 2. The van der Waals surface area contributed by atoms with Crippen molar-refractivity contribution >= 4 is 11.6 Å². The van der Waals surface area contributed by atoms with Crippen molar-refractivity contribution in [3.8, 4) is 23.0 Å². The summed E-state index contributed by atoms with van der Waals surface area (Å²) in [4.78, 5) is 11.5. The molecule has 0 atom stereocenters. The van der Waals surface area contributed by atoms with E-state index in [-0.39, 0.29) is 11.3 Å². The molecule has 6 heteroatoms. The molecule has 0 aromatic heterocycles. The van der Waals surface area contributed by atoms with E-state index >= 15 is 0 Å². The minimum absolute atomic E-state index is 0.220. The van der Waals surface area contributed by atoms with Gasteiger partial charge in [-0.3, -0.25) is 4.79 Å². The molecule has 21 heavy (non-hydrogen) atoms. The number of benzene rings is 2. The molecule has 0 aliphatic rings. The molecule has 0 spiro atoms. The second-order valence-corrected chi connectivity index (χ2v) is 4.21. The molecule has 0 bridgehead atoms. The zero-order chi connectivity index (χ0) is 15.4. The molecule has 0 aliphatic carbocycles. The van der Waals surface area contributed by atoms with Gasteiger partial charge in [-0.15, -0.1) is 0 Å². The fourth-order valence-corrected chi connectivity index (χ4v) is 1.85. The number of rotatable bonds is 5. The van der Waals surface area contributed by atoms with E-state index in [0.717, 1.165) is 0 Å². The quantitative estimate of drug-likeness (QED) is 0.822. The summed E-state index contributed by atoms with van der Waals surface area (Å²) in [5.41, 5.74) is 11.7. The molecular formula is C15H16N2O4. The van der Waals surface area contributed by atoms with Crippen molar-refractivity contribution in [2.24, 2.45) is 5.73 Å². The first-order chi connectivity index (χ1) is 10.1. The molecule has 0 heterocycles. The van der Waals surface area contributed by atoms with E-state index in [2.05, 4.69) is 0 Å². The number of primary amides is 1. The number of para-hydroxylation sites is 1. The molecule has 6 nitrogen and oxygen atoms in total. The van der Waals surface area contributed by atoms with E-state index in [0.29, 0.717) is 22.9 Å². The molecule has 0 radical (unpaired) electrons. The van der Waals surface area contributed by atoms with Gasteiger partial charge in [-0.1, -0.05) is 6.07 Å². The number of anilines is 1. The van der Waals surface area contributed by atoms with Gasteiger partial charge < -0.3 is 25.7 Å². The Bertz CT molecular complexity index is 648. The number of hydrogen-bond acceptors (Lipinski definition) is 5. The first kappa shape index (κ1) is 14.5. The topological polar surface area (TPSA) is 96.8 Å². The second-order valence-electron chi connectivity index (χ2n) is 4.21. The summed E-state index contributed by atoms with van der Waals surface area (Å²) in [6.07, 6.45) is 0. The van der Waals surface area contributed by atoms with E-state index in [9.17, 15) is 4.79 Å². The number of carbonyl (C=O) groups is 1. The van der Waals surface area contributed by atoms with Crippen molar-refractivity contribution < 1.29 is 19.0 Å². The summed E-state index contributed by atoms with van der Waals surface area (Å²) in [7, 11) is 3.02. The average molecular weight is 288 g/mol. The third-order valence-electron chi connectivity index (χ3n) is 2.87. The molecular weight excluding hydrogens is 272 g/mol. The Balaban J connectivity index is 2.52. The van der Waals surface area contributed by atoms with Crippen LogP contribution in [0.5, 0.6) is 23.0 Å². The zero-order valence-corrected chi connectivity index (χ0v) is 11.8. The second kappa shape index (κ2) is 6.04. The number of ether oxygens (including phenoxy) is 3. The smallest absolute Gasteiger partial charge is 0.252 e. The molecule has 2 aromatic rings. The molecule has 110 valence electrons. The van der Waals surface area contributed by atoms with E-state index in [1.807, 2.05) is 0 Å². The third kappa shape index (κ3) is 3.00. The van der Waals surface area contributed by atoms with Crippen molar-refractivity contribution in [1.29, 1.82) is 0 Å². The highest BCUT2D eigenvalue weighted by Gasteiger charge is 2.16. The lowest BCUT2D eigenvalue weighted by atomic mass is 10.1. The average Bonchev–Trinajstić information content (AvgIpc) is 2.47. The van der Waals surface area contributed by atoms with Gasteiger partial charge in [0.05, 0.1) is 19.8 Å². The predicted molar refractivity (Wildman–Crippen MR) is 79.0 cm³/mol. The molecule has 0 saturated carbocycles. The highest BCUT2D eigenvalue weighted by molar-refractivity contribution is 5.96. The van der Waals surface area contributed by atoms with Gasteiger partial charge in [0.2, 0.25) is 5.75 Å². The van der Waals surface area contributed by atoms with Gasteiger partial charge in [0.15, 0.2) is 11.5 Å². The van der Waals surface area contributed by atoms with Gasteiger partial charge in [-0.2, -0.15) is 0 Å². The lowest BCUT2D eigenvalue weighted by molar-refractivity contribution is 0.0998. The third-order valence-corrected chi connectivity index (χ3v) is 2.87. The first-order valence-corrected chi connectivity index (χ1v) is 6.15. The van der Waals surface area contributed by atoms with Gasteiger partial charge in [0.1, 0.15) is 5.75 Å². The van der Waals surface area contributed by atoms with E-state index < -0.39 is 5.91 Å². The molecule has 0 fully saturated rings. The van der Waals surface area contributed by atoms with Crippen LogP contribution in [0.4, 0.5) is 5.69 Å². The number of amides is 1. The van der Waals surface area contributed by atoms with Crippen molar-refractivity contribution in [2.75, 3.05) is 20.0 Å². The predicted octanol–water partition coefficient (Wildman–Crippen LogP) is 2.18. The van der Waals surface area contributed by atoms with Crippen LogP contribution in [-0.2, 0) is 0 Å². The lowest BCUT2D eigenvalue weighted by Crippen LogP contribution is -2.12. The van der Waals surface area contributed by atoms with E-state index in [1.165, 1.54) is 26.4 Å². The van der Waals surface area contributed by atoms with Crippen molar-refractivity contribution in [2.45, 2.75) is 0 Å². The Labute approximate surface area is 122 Å². The molecule has 0 saturated heterocycles. The van der Waals surface area contributed by atoms with Crippen LogP contribution in [0, 0.1) is 0 Å². The first-order valence-electron chi connectivity index (χ1n) is 6.15. The Hall–Kier alpha value is -2.89. The van der Waals surface area contributed by atoms with Crippen LogP contribution in [0.25, 0.3) is 0 Å². The highest BCUT2D eigenvalue weighted by Crippen LogP contribution is 2.41. The van der Waals surface area contributed by atoms with E-state index in [1.54, 1.807) is 24.3 Å². The standard InChI is InChI=1S/C15H16N2O4/c1-19-11-4-3-5-12(20-2)14(11)21-13-8-9(16)6-7-10(13)15(17)18/h3-8H,16H2,1-2H3,(H2,17,18). The molecule has 1 amide bonds. The van der Waals surface area contributed by atoms with Gasteiger partial charge in [0.25, 0.3) is 5.91 Å². The zero-order valence-electron chi connectivity index (χ0n) is 11.8. The Morgan fingerprint density at radius 3 is 2.14 bits per heavy atom. The molecule has 2 rings (SSSR count). The minimum atomic E-state index is -0.612. The number of methoxy groups -OCH3 is 2. The maximum absolute atomic E-state index is 11.5. The van der Waals surface area contributed by atoms with Crippen molar-refractivity contribution in [3.05, 3.63) is 42.0 Å². The largest absolute Gasteiger partial charge is 0.493 e. The summed E-state index contributed by atoms with van der Waals surface area (Å²) in [5, 5.41) is 0. The summed E-state index contributed by atoms with van der Waals surface area (Å²) in [6, 6.07) is 9.80. The maximum atomic E-state index is 11.5. The summed E-state index contributed by atoms with van der Waals surface area (Å²) >= 11 is 0. The summed E-state index contributed by atoms with van der Waals surface area (Å²) in [6.45, 7) is 0. The van der Waals surface area contributed by atoms with E-state index in [4.69, 9.17) is 25.7 Å². The fraction of sp³-hybridized carbons (Fsp3) is 0.133. The normalized spacial score (nSPS) is 10.0. The number of hydrogen-bond donors (Lipinski definition) is 2. The van der Waals surface area contributed by atoms with Crippen LogP contribution in [0.2, 0.25) is 0 Å². The minimum Gasteiger partial charge on any atom is -0.493 e.